The number of nitrogens with zero attached hydrogens (tertiary/aromatic N) is 4. The highest BCUT2D eigenvalue weighted by atomic mass is 32.1. The molecule has 0 amide bonds. The highest BCUT2D eigenvalue weighted by molar-refractivity contribution is 7.13. The molecular formula is C11H8N4O2S. The van der Waals surface area contributed by atoms with Gasteiger partial charge in [-0.25, -0.2) is 9.67 Å². The lowest BCUT2D eigenvalue weighted by molar-refractivity contribution is 0.111. The Labute approximate surface area is 106 Å². The van der Waals surface area contributed by atoms with Crippen LogP contribution in [0.3, 0.4) is 0 Å². The van der Waals surface area contributed by atoms with Crippen molar-refractivity contribution < 1.29 is 9.21 Å². The van der Waals surface area contributed by atoms with Crippen molar-refractivity contribution in [2.24, 2.45) is 0 Å². The predicted molar refractivity (Wildman–Crippen MR) is 64.3 cm³/mol. The fourth-order valence-electron chi connectivity index (χ4n) is 1.50. The van der Waals surface area contributed by atoms with Crippen LogP contribution < -0.4 is 0 Å². The molecule has 0 atom stereocenters. The second-order valence-corrected chi connectivity index (χ2v) is 4.53. The SMILES string of the molecule is O=Cc1cn(Cc2coc(-c3cccs3)n2)nn1. The topological polar surface area (TPSA) is 73.8 Å². The van der Waals surface area contributed by atoms with Crippen molar-refractivity contribution in [2.75, 3.05) is 0 Å². The summed E-state index contributed by atoms with van der Waals surface area (Å²) in [6.45, 7) is 0.426. The van der Waals surface area contributed by atoms with E-state index in [-0.39, 0.29) is 0 Å². The van der Waals surface area contributed by atoms with Crippen LogP contribution in [-0.2, 0) is 6.54 Å². The Balaban J connectivity index is 1.79. The van der Waals surface area contributed by atoms with Crippen LogP contribution in [0.5, 0.6) is 0 Å². The number of hydrogen-bond donors (Lipinski definition) is 0. The monoisotopic (exact) mass is 260 g/mol. The molecule has 90 valence electrons. The molecule has 0 spiro atoms. The maximum Gasteiger partial charge on any atom is 0.236 e. The molecule has 0 aliphatic carbocycles. The number of carbonyl (C=O) groups excluding carboxylic acids is 1. The summed E-state index contributed by atoms with van der Waals surface area (Å²) in [5.41, 5.74) is 1.04. The van der Waals surface area contributed by atoms with E-state index in [9.17, 15) is 4.79 Å². The minimum Gasteiger partial charge on any atom is -0.443 e. The first-order valence-corrected chi connectivity index (χ1v) is 6.07. The first-order chi connectivity index (χ1) is 8.85. The average molecular weight is 260 g/mol. The summed E-state index contributed by atoms with van der Waals surface area (Å²) in [5.74, 6) is 0.593. The lowest BCUT2D eigenvalue weighted by Gasteiger charge is -1.93. The second-order valence-electron chi connectivity index (χ2n) is 3.58. The second kappa shape index (κ2) is 4.53. The summed E-state index contributed by atoms with van der Waals surface area (Å²) < 4.78 is 6.92. The number of hydrogen-bond acceptors (Lipinski definition) is 6. The van der Waals surface area contributed by atoms with Gasteiger partial charge in [0.2, 0.25) is 5.89 Å². The number of carbonyl (C=O) groups is 1. The zero-order valence-corrected chi connectivity index (χ0v) is 10.0. The summed E-state index contributed by atoms with van der Waals surface area (Å²) >= 11 is 1.57. The largest absolute Gasteiger partial charge is 0.443 e. The van der Waals surface area contributed by atoms with Gasteiger partial charge in [0.1, 0.15) is 17.7 Å². The van der Waals surface area contributed by atoms with Crippen molar-refractivity contribution in [2.45, 2.75) is 6.54 Å². The summed E-state index contributed by atoms with van der Waals surface area (Å²) in [4.78, 5) is 15.8. The van der Waals surface area contributed by atoms with Gasteiger partial charge in [-0.05, 0) is 11.4 Å². The maximum atomic E-state index is 10.5. The first-order valence-electron chi connectivity index (χ1n) is 5.19. The van der Waals surface area contributed by atoms with Crippen molar-refractivity contribution in [3.05, 3.63) is 41.4 Å². The van der Waals surface area contributed by atoms with E-state index in [0.717, 1.165) is 10.6 Å². The van der Waals surface area contributed by atoms with E-state index in [2.05, 4.69) is 15.3 Å². The van der Waals surface area contributed by atoms with E-state index < -0.39 is 0 Å². The Kier molecular flexibility index (Phi) is 2.73. The van der Waals surface area contributed by atoms with E-state index in [4.69, 9.17) is 4.42 Å². The van der Waals surface area contributed by atoms with E-state index in [1.165, 1.54) is 0 Å². The minimum absolute atomic E-state index is 0.303. The van der Waals surface area contributed by atoms with Gasteiger partial charge in [0.15, 0.2) is 6.29 Å². The Hall–Kier alpha value is -2.28. The molecule has 6 nitrogen and oxygen atoms in total. The van der Waals surface area contributed by atoms with Gasteiger partial charge >= 0.3 is 0 Å². The molecule has 18 heavy (non-hydrogen) atoms. The third-order valence-electron chi connectivity index (χ3n) is 2.28. The molecule has 3 aromatic heterocycles. The van der Waals surface area contributed by atoms with Crippen molar-refractivity contribution in [3.8, 4) is 10.8 Å². The summed E-state index contributed by atoms with van der Waals surface area (Å²) in [5, 5.41) is 9.45. The minimum atomic E-state index is 0.303. The quantitative estimate of drug-likeness (QED) is 0.669. The lowest BCUT2D eigenvalue weighted by Crippen LogP contribution is -2.00. The zero-order chi connectivity index (χ0) is 12.4. The molecule has 3 heterocycles. The molecule has 0 saturated carbocycles. The number of thiophene rings is 1. The molecule has 0 radical (unpaired) electrons. The highest BCUT2D eigenvalue weighted by Crippen LogP contribution is 2.23. The van der Waals surface area contributed by atoms with Crippen molar-refractivity contribution in [1.29, 1.82) is 0 Å². The zero-order valence-electron chi connectivity index (χ0n) is 9.18. The van der Waals surface area contributed by atoms with Crippen LogP contribution >= 0.6 is 11.3 Å². The molecule has 3 rings (SSSR count). The van der Waals surface area contributed by atoms with Gasteiger partial charge in [0.25, 0.3) is 0 Å². The van der Waals surface area contributed by atoms with Crippen LogP contribution in [-0.4, -0.2) is 26.3 Å². The Bertz CT molecular complexity index is 656. The molecule has 0 fully saturated rings. The van der Waals surface area contributed by atoms with Crippen molar-refractivity contribution in [1.82, 2.24) is 20.0 Å². The summed E-state index contributed by atoms with van der Waals surface area (Å²) in [6.07, 6.45) is 3.80. The van der Waals surface area contributed by atoms with E-state index in [1.807, 2.05) is 17.5 Å². The van der Waals surface area contributed by atoms with Gasteiger partial charge in [-0.2, -0.15) is 0 Å². The molecule has 0 unspecified atom stereocenters. The summed E-state index contributed by atoms with van der Waals surface area (Å²) in [7, 11) is 0. The van der Waals surface area contributed by atoms with E-state index >= 15 is 0 Å². The van der Waals surface area contributed by atoms with Crippen molar-refractivity contribution >= 4 is 17.6 Å². The van der Waals surface area contributed by atoms with Crippen molar-refractivity contribution in [3.63, 3.8) is 0 Å². The number of aromatic nitrogens is 4. The fourth-order valence-corrected chi connectivity index (χ4v) is 2.16. The lowest BCUT2D eigenvalue weighted by atomic mass is 10.4. The van der Waals surface area contributed by atoms with Gasteiger partial charge in [-0.1, -0.05) is 11.3 Å². The number of rotatable bonds is 4. The van der Waals surface area contributed by atoms with E-state index in [1.54, 1.807) is 28.5 Å². The molecule has 0 bridgehead atoms. The van der Waals surface area contributed by atoms with Gasteiger partial charge in [0.05, 0.1) is 17.6 Å². The molecule has 0 aromatic carbocycles. The standard InChI is InChI=1S/C11H8N4O2S/c16-6-8-4-15(14-13-8)5-9-7-17-11(12-9)10-2-1-3-18-10/h1-4,6-7H,5H2. The number of oxazole rings is 1. The smallest absolute Gasteiger partial charge is 0.236 e. The molecule has 0 saturated heterocycles. The third kappa shape index (κ3) is 2.07. The van der Waals surface area contributed by atoms with Gasteiger partial charge in [-0.15, -0.1) is 16.4 Å². The highest BCUT2D eigenvalue weighted by Gasteiger charge is 2.08. The first kappa shape index (κ1) is 10.8. The Morgan fingerprint density at radius 1 is 1.50 bits per heavy atom. The van der Waals surface area contributed by atoms with Gasteiger partial charge in [-0.3, -0.25) is 4.79 Å². The number of aldehydes is 1. The fraction of sp³-hybridized carbons (Fsp3) is 0.0909. The molecular weight excluding hydrogens is 252 g/mol. The van der Waals surface area contributed by atoms with Crippen LogP contribution in [0.4, 0.5) is 0 Å². The normalized spacial score (nSPS) is 10.7. The predicted octanol–water partition coefficient (Wildman–Crippen LogP) is 1.86. The molecule has 3 aromatic rings. The van der Waals surface area contributed by atoms with Gasteiger partial charge in [0, 0.05) is 0 Å². The molecule has 7 heteroatoms. The summed E-state index contributed by atoms with van der Waals surface area (Å²) in [6, 6.07) is 3.89. The van der Waals surface area contributed by atoms with Crippen LogP contribution in [0.25, 0.3) is 10.8 Å². The molecule has 0 aliphatic heterocycles. The van der Waals surface area contributed by atoms with Crippen LogP contribution in [0.2, 0.25) is 0 Å². The van der Waals surface area contributed by atoms with Crippen LogP contribution in [0, 0.1) is 0 Å². The average Bonchev–Trinajstić information content (AvgIpc) is 3.10. The van der Waals surface area contributed by atoms with Crippen LogP contribution in [0.1, 0.15) is 16.2 Å². The Morgan fingerprint density at radius 2 is 2.44 bits per heavy atom. The maximum absolute atomic E-state index is 10.5. The van der Waals surface area contributed by atoms with E-state index in [0.29, 0.717) is 24.4 Å². The third-order valence-corrected chi connectivity index (χ3v) is 3.14. The van der Waals surface area contributed by atoms with Crippen LogP contribution in [0.15, 0.2) is 34.4 Å². The molecule has 0 aliphatic rings. The van der Waals surface area contributed by atoms with Gasteiger partial charge < -0.3 is 4.42 Å². The molecule has 0 N–H and O–H groups in total. The Morgan fingerprint density at radius 3 is 3.17 bits per heavy atom.